The third-order valence-electron chi connectivity index (χ3n) is 4.78. The second-order valence-corrected chi connectivity index (χ2v) is 6.46. The Morgan fingerprint density at radius 1 is 0.731 bits per heavy atom. The molecule has 1 fully saturated rings. The molecule has 0 N–H and O–H groups in total. The van der Waals surface area contributed by atoms with Gasteiger partial charge in [0.25, 0.3) is 0 Å². The number of methoxy groups -OCH3 is 2. The van der Waals surface area contributed by atoms with Gasteiger partial charge in [0.05, 0.1) is 26.3 Å². The Balaban J connectivity index is 1.75. The number of hydrogen-bond donors (Lipinski definition) is 0. The topological polar surface area (TPSA) is 43.2 Å². The minimum Gasteiger partial charge on any atom is -0.496 e. The van der Waals surface area contributed by atoms with E-state index in [2.05, 4.69) is 0 Å². The number of ether oxygens (including phenoxy) is 2. The highest BCUT2D eigenvalue weighted by Crippen LogP contribution is 2.25. The zero-order valence-electron chi connectivity index (χ0n) is 15.5. The van der Waals surface area contributed by atoms with Gasteiger partial charge in [0.2, 0.25) is 0 Å². The summed E-state index contributed by atoms with van der Waals surface area (Å²) in [6, 6.07) is 16.3. The van der Waals surface area contributed by atoms with E-state index in [4.69, 9.17) is 19.5 Å². The number of aliphatic imine (C=N–C) groups is 2. The lowest BCUT2D eigenvalue weighted by atomic mass is 9.91. The number of hydrogen-bond acceptors (Lipinski definition) is 4. The maximum absolute atomic E-state index is 5.41. The fourth-order valence-electron chi connectivity index (χ4n) is 3.34. The molecule has 3 rings (SSSR count). The average molecular weight is 350 g/mol. The Bertz CT molecular complexity index is 705. The van der Waals surface area contributed by atoms with Gasteiger partial charge in [-0.15, -0.1) is 0 Å². The van der Waals surface area contributed by atoms with Gasteiger partial charge in [0.1, 0.15) is 11.5 Å². The summed E-state index contributed by atoms with van der Waals surface area (Å²) in [6.07, 6.45) is 8.41. The number of benzene rings is 2. The first-order valence-corrected chi connectivity index (χ1v) is 9.14. The van der Waals surface area contributed by atoms with Gasteiger partial charge in [-0.25, -0.2) is 0 Å². The molecule has 4 heteroatoms. The fraction of sp³-hybridized carbons (Fsp3) is 0.364. The van der Waals surface area contributed by atoms with Crippen molar-refractivity contribution in [1.29, 1.82) is 0 Å². The molecule has 2 aromatic carbocycles. The van der Waals surface area contributed by atoms with Crippen molar-refractivity contribution in [3.63, 3.8) is 0 Å². The highest BCUT2D eigenvalue weighted by Gasteiger charge is 2.23. The Morgan fingerprint density at radius 3 is 1.58 bits per heavy atom. The van der Waals surface area contributed by atoms with Crippen molar-refractivity contribution >= 4 is 12.4 Å². The Kier molecular flexibility index (Phi) is 6.42. The largest absolute Gasteiger partial charge is 0.496 e. The van der Waals surface area contributed by atoms with E-state index >= 15 is 0 Å². The summed E-state index contributed by atoms with van der Waals surface area (Å²) in [7, 11) is 3.38. The summed E-state index contributed by atoms with van der Waals surface area (Å²) < 4.78 is 10.8. The minimum atomic E-state index is 0.208. The molecule has 2 unspecified atom stereocenters. The van der Waals surface area contributed by atoms with Crippen LogP contribution in [0.3, 0.4) is 0 Å². The van der Waals surface area contributed by atoms with Crippen LogP contribution in [-0.4, -0.2) is 38.7 Å². The standard InChI is InChI=1S/C22H26N2O2/c1-25-21-13-7-3-9-17(21)15-23-19-11-5-6-12-20(19)24-16-18-10-4-8-14-22(18)26-2/h3-4,7-10,13-16,19-20H,5-6,11-12H2,1-2H3/b23-15+,24-16+. The predicted molar refractivity (Wildman–Crippen MR) is 107 cm³/mol. The molecule has 0 radical (unpaired) electrons. The SMILES string of the molecule is COc1ccccc1/C=N/C1CCCCC1/N=C/c1ccccc1OC. The van der Waals surface area contributed by atoms with Crippen LogP contribution in [0, 0.1) is 0 Å². The molecule has 0 aromatic heterocycles. The lowest BCUT2D eigenvalue weighted by molar-refractivity contribution is 0.389. The lowest BCUT2D eigenvalue weighted by Gasteiger charge is -2.25. The van der Waals surface area contributed by atoms with Crippen LogP contribution in [-0.2, 0) is 0 Å². The average Bonchev–Trinajstić information content (AvgIpc) is 2.71. The highest BCUT2D eigenvalue weighted by molar-refractivity contribution is 5.84. The molecule has 1 aliphatic carbocycles. The zero-order valence-corrected chi connectivity index (χ0v) is 15.5. The van der Waals surface area contributed by atoms with Gasteiger partial charge in [0, 0.05) is 23.6 Å². The molecule has 0 spiro atoms. The summed E-state index contributed by atoms with van der Waals surface area (Å²) >= 11 is 0. The van der Waals surface area contributed by atoms with Gasteiger partial charge in [-0.1, -0.05) is 37.1 Å². The van der Waals surface area contributed by atoms with E-state index in [0.29, 0.717) is 0 Å². The summed E-state index contributed by atoms with van der Waals surface area (Å²) in [5.74, 6) is 1.70. The van der Waals surface area contributed by atoms with Crippen LogP contribution in [0.4, 0.5) is 0 Å². The molecule has 0 saturated heterocycles. The van der Waals surface area contributed by atoms with E-state index in [1.165, 1.54) is 12.8 Å². The molecular weight excluding hydrogens is 324 g/mol. The Morgan fingerprint density at radius 2 is 1.15 bits per heavy atom. The van der Waals surface area contributed by atoms with E-state index in [1.54, 1.807) is 14.2 Å². The van der Waals surface area contributed by atoms with Crippen molar-refractivity contribution in [2.24, 2.45) is 9.98 Å². The van der Waals surface area contributed by atoms with Crippen molar-refractivity contribution in [2.75, 3.05) is 14.2 Å². The molecule has 2 atom stereocenters. The maximum Gasteiger partial charge on any atom is 0.127 e. The molecule has 1 saturated carbocycles. The molecule has 136 valence electrons. The second-order valence-electron chi connectivity index (χ2n) is 6.46. The van der Waals surface area contributed by atoms with Gasteiger partial charge in [-0.3, -0.25) is 9.98 Å². The number of rotatable bonds is 6. The fourth-order valence-corrected chi connectivity index (χ4v) is 3.34. The first-order valence-electron chi connectivity index (χ1n) is 9.14. The maximum atomic E-state index is 5.41. The Hall–Kier alpha value is -2.62. The molecule has 1 aliphatic rings. The smallest absolute Gasteiger partial charge is 0.127 e. The molecular formula is C22H26N2O2. The first kappa shape index (κ1) is 18.2. The normalized spacial score (nSPS) is 20.5. The zero-order chi connectivity index (χ0) is 18.2. The van der Waals surface area contributed by atoms with E-state index in [1.807, 2.05) is 61.0 Å². The predicted octanol–water partition coefficient (Wildman–Crippen LogP) is 4.55. The number of para-hydroxylation sites is 2. The number of nitrogens with zero attached hydrogens (tertiary/aromatic N) is 2. The van der Waals surface area contributed by atoms with Crippen LogP contribution in [0.15, 0.2) is 58.5 Å². The first-order chi connectivity index (χ1) is 12.8. The van der Waals surface area contributed by atoms with Crippen molar-refractivity contribution < 1.29 is 9.47 Å². The van der Waals surface area contributed by atoms with Crippen molar-refractivity contribution in [3.05, 3.63) is 59.7 Å². The van der Waals surface area contributed by atoms with Crippen LogP contribution < -0.4 is 9.47 Å². The van der Waals surface area contributed by atoms with Crippen molar-refractivity contribution in [2.45, 2.75) is 37.8 Å². The van der Waals surface area contributed by atoms with Gasteiger partial charge in [-0.2, -0.15) is 0 Å². The summed E-state index contributed by atoms with van der Waals surface area (Å²) in [4.78, 5) is 9.70. The molecule has 2 aromatic rings. The molecule has 0 aliphatic heterocycles. The minimum absolute atomic E-state index is 0.208. The van der Waals surface area contributed by atoms with Gasteiger partial charge >= 0.3 is 0 Å². The molecule has 4 nitrogen and oxygen atoms in total. The van der Waals surface area contributed by atoms with E-state index in [0.717, 1.165) is 35.5 Å². The van der Waals surface area contributed by atoms with Crippen LogP contribution in [0.2, 0.25) is 0 Å². The molecule has 0 bridgehead atoms. The summed E-state index contributed by atoms with van der Waals surface area (Å²) in [5, 5.41) is 0. The third-order valence-corrected chi connectivity index (χ3v) is 4.78. The van der Waals surface area contributed by atoms with Gasteiger partial charge < -0.3 is 9.47 Å². The lowest BCUT2D eigenvalue weighted by Crippen LogP contribution is -2.27. The van der Waals surface area contributed by atoms with Crippen LogP contribution in [0.1, 0.15) is 36.8 Å². The highest BCUT2D eigenvalue weighted by atomic mass is 16.5. The monoisotopic (exact) mass is 350 g/mol. The molecule has 0 amide bonds. The van der Waals surface area contributed by atoms with E-state index in [9.17, 15) is 0 Å². The van der Waals surface area contributed by atoms with Gasteiger partial charge in [0.15, 0.2) is 0 Å². The van der Waals surface area contributed by atoms with Crippen molar-refractivity contribution in [1.82, 2.24) is 0 Å². The van der Waals surface area contributed by atoms with E-state index < -0.39 is 0 Å². The van der Waals surface area contributed by atoms with Crippen molar-refractivity contribution in [3.8, 4) is 11.5 Å². The van der Waals surface area contributed by atoms with Crippen LogP contribution >= 0.6 is 0 Å². The van der Waals surface area contributed by atoms with E-state index in [-0.39, 0.29) is 12.1 Å². The summed E-state index contributed by atoms with van der Waals surface area (Å²) in [5.41, 5.74) is 2.01. The van der Waals surface area contributed by atoms with Crippen LogP contribution in [0.25, 0.3) is 0 Å². The third kappa shape index (κ3) is 4.51. The molecule has 26 heavy (non-hydrogen) atoms. The van der Waals surface area contributed by atoms with Gasteiger partial charge in [-0.05, 0) is 37.1 Å². The quantitative estimate of drug-likeness (QED) is 0.717. The summed E-state index contributed by atoms with van der Waals surface area (Å²) in [6.45, 7) is 0. The Labute approximate surface area is 155 Å². The second kappa shape index (κ2) is 9.18. The molecule has 0 heterocycles. The van der Waals surface area contributed by atoms with Crippen LogP contribution in [0.5, 0.6) is 11.5 Å².